The van der Waals surface area contributed by atoms with Crippen molar-refractivity contribution in [3.05, 3.63) is 106 Å². The van der Waals surface area contributed by atoms with Crippen LogP contribution in [0, 0.1) is 13.8 Å². The number of hydrogen-bond acceptors (Lipinski definition) is 7. The summed E-state index contributed by atoms with van der Waals surface area (Å²) in [5, 5.41) is 20.7. The summed E-state index contributed by atoms with van der Waals surface area (Å²) >= 11 is 1.50. The van der Waals surface area contributed by atoms with E-state index in [1.165, 1.54) is 52.2 Å². The first-order valence-electron chi connectivity index (χ1n) is 14.9. The molecule has 0 fully saturated rings. The summed E-state index contributed by atoms with van der Waals surface area (Å²) in [7, 11) is 0. The van der Waals surface area contributed by atoms with Crippen LogP contribution in [0.1, 0.15) is 61.9 Å². The second kappa shape index (κ2) is 13.6. The molecule has 5 aromatic rings. The molecular formula is C34H37F3N6O2S. The fourth-order valence-corrected chi connectivity index (χ4v) is 6.07. The lowest BCUT2D eigenvalue weighted by Crippen LogP contribution is -2.39. The molecular weight excluding hydrogens is 613 g/mol. The van der Waals surface area contributed by atoms with Gasteiger partial charge in [-0.2, -0.15) is 0 Å². The summed E-state index contributed by atoms with van der Waals surface area (Å²) in [5.41, 5.74) is 6.90. The van der Waals surface area contributed by atoms with Gasteiger partial charge in [0.25, 0.3) is 0 Å². The molecule has 0 aliphatic heterocycles. The molecule has 0 aliphatic carbocycles. The molecule has 0 bridgehead atoms. The number of nitrogens with zero attached hydrogens (tertiary/aromatic N) is 5. The van der Waals surface area contributed by atoms with Crippen LogP contribution in [0.2, 0.25) is 0 Å². The highest BCUT2D eigenvalue weighted by Gasteiger charge is 2.31. The van der Waals surface area contributed by atoms with E-state index in [0.717, 1.165) is 28.1 Å². The zero-order valence-electron chi connectivity index (χ0n) is 26.4. The Kier molecular flexibility index (Phi) is 9.80. The van der Waals surface area contributed by atoms with Crippen LogP contribution in [0.4, 0.5) is 13.2 Å². The van der Waals surface area contributed by atoms with Crippen molar-refractivity contribution in [2.75, 3.05) is 0 Å². The molecule has 2 heterocycles. The van der Waals surface area contributed by atoms with Crippen molar-refractivity contribution in [2.45, 2.75) is 72.1 Å². The summed E-state index contributed by atoms with van der Waals surface area (Å²) in [4.78, 5) is 9.73. The highest BCUT2D eigenvalue weighted by atomic mass is 32.1. The predicted octanol–water partition coefficient (Wildman–Crippen LogP) is 7.38. The van der Waals surface area contributed by atoms with E-state index in [-0.39, 0.29) is 17.7 Å². The summed E-state index contributed by atoms with van der Waals surface area (Å²) in [6.45, 7) is 12.6. The minimum atomic E-state index is -4.75. The summed E-state index contributed by atoms with van der Waals surface area (Å²) in [5.74, 6) is 0.547. The number of aliphatic hydroxyl groups excluding tert-OH is 1. The van der Waals surface area contributed by atoms with Gasteiger partial charge in [0.1, 0.15) is 12.1 Å². The van der Waals surface area contributed by atoms with Crippen molar-refractivity contribution in [3.63, 3.8) is 0 Å². The van der Waals surface area contributed by atoms with Crippen molar-refractivity contribution in [1.82, 2.24) is 24.6 Å². The van der Waals surface area contributed by atoms with Gasteiger partial charge in [-0.25, -0.2) is 14.7 Å². The molecule has 0 radical (unpaired) electrons. The number of aromatic nitrogens is 4. The Balaban J connectivity index is 1.26. The van der Waals surface area contributed by atoms with Gasteiger partial charge in [-0.1, -0.05) is 57.2 Å². The molecule has 0 spiro atoms. The van der Waals surface area contributed by atoms with Crippen LogP contribution in [-0.4, -0.2) is 43.2 Å². The number of aryl methyl sites for hydroxylation is 2. The number of ether oxygens (including phenoxy) is 1. The summed E-state index contributed by atoms with van der Waals surface area (Å²) in [6, 6.07) is 19.6. The first-order valence-corrected chi connectivity index (χ1v) is 15.8. The lowest BCUT2D eigenvalue weighted by atomic mass is 9.93. The van der Waals surface area contributed by atoms with E-state index in [1.54, 1.807) is 0 Å². The second-order valence-corrected chi connectivity index (χ2v) is 12.5. The fourth-order valence-electron chi connectivity index (χ4n) is 5.18. The largest absolute Gasteiger partial charge is 0.573 e. The van der Waals surface area contributed by atoms with Gasteiger partial charge < -0.3 is 9.84 Å². The molecule has 0 amide bonds. The fraction of sp³-hybridized carbons (Fsp3) is 0.324. The van der Waals surface area contributed by atoms with E-state index in [0.29, 0.717) is 22.2 Å². The molecule has 3 atom stereocenters. The van der Waals surface area contributed by atoms with Gasteiger partial charge in [0.15, 0.2) is 10.6 Å². The van der Waals surface area contributed by atoms with Gasteiger partial charge >= 0.3 is 6.36 Å². The lowest BCUT2D eigenvalue weighted by Gasteiger charge is -2.23. The zero-order valence-corrected chi connectivity index (χ0v) is 27.3. The quantitative estimate of drug-likeness (QED) is 0.154. The topological polar surface area (TPSA) is 89.5 Å². The van der Waals surface area contributed by atoms with E-state index in [1.807, 2.05) is 43.5 Å². The number of aliphatic hydroxyl groups is 1. The van der Waals surface area contributed by atoms with Crippen molar-refractivity contribution in [3.8, 4) is 28.5 Å². The van der Waals surface area contributed by atoms with Gasteiger partial charge in [-0.15, -0.1) is 29.6 Å². The Morgan fingerprint density at radius 2 is 1.65 bits per heavy atom. The summed E-state index contributed by atoms with van der Waals surface area (Å²) in [6.07, 6.45) is -4.35. The van der Waals surface area contributed by atoms with Crippen molar-refractivity contribution < 1.29 is 23.0 Å². The number of benzene rings is 3. The summed E-state index contributed by atoms with van der Waals surface area (Å²) < 4.78 is 44.9. The molecule has 3 unspecified atom stereocenters. The van der Waals surface area contributed by atoms with Crippen LogP contribution in [0.25, 0.3) is 22.8 Å². The van der Waals surface area contributed by atoms with Crippen LogP contribution < -0.4 is 14.9 Å². The Morgan fingerprint density at radius 1 is 0.957 bits per heavy atom. The van der Waals surface area contributed by atoms with Gasteiger partial charge in [-0.05, 0) is 79.6 Å². The van der Waals surface area contributed by atoms with Crippen molar-refractivity contribution >= 4 is 11.3 Å². The van der Waals surface area contributed by atoms with E-state index in [2.05, 4.69) is 75.6 Å². The van der Waals surface area contributed by atoms with Gasteiger partial charge in [0.2, 0.25) is 6.35 Å². The minimum absolute atomic E-state index is 0.0448. The molecule has 8 nitrogen and oxygen atoms in total. The zero-order chi connectivity index (χ0) is 33.2. The van der Waals surface area contributed by atoms with E-state index in [4.69, 9.17) is 0 Å². The molecule has 2 aromatic heterocycles. The molecule has 12 heteroatoms. The van der Waals surface area contributed by atoms with Gasteiger partial charge in [-0.3, -0.25) is 9.88 Å². The number of rotatable bonds is 10. The SMILES string of the molecule is Cc1ccc(C(C)C)c(-n2c(C)csc2=NC(O)NC(C)C(C)c2ccc(-c3ncn(-c4ccc(OC(F)(F)F)cc4)n3)cc2)c1. The monoisotopic (exact) mass is 650 g/mol. The number of thiazole rings is 1. The number of nitrogens with one attached hydrogen (secondary N) is 1. The maximum Gasteiger partial charge on any atom is 0.573 e. The molecule has 2 N–H and O–H groups in total. The molecule has 3 aromatic carbocycles. The third kappa shape index (κ3) is 7.75. The predicted molar refractivity (Wildman–Crippen MR) is 173 cm³/mol. The molecule has 0 saturated heterocycles. The van der Waals surface area contributed by atoms with Crippen LogP contribution in [0.15, 0.2) is 83.4 Å². The first-order chi connectivity index (χ1) is 21.8. The molecule has 0 saturated carbocycles. The van der Waals surface area contributed by atoms with Crippen molar-refractivity contribution in [1.29, 1.82) is 0 Å². The molecule has 242 valence electrons. The normalized spacial score (nSPS) is 14.5. The number of hydrogen-bond donors (Lipinski definition) is 2. The van der Waals surface area contributed by atoms with E-state index in [9.17, 15) is 18.3 Å². The number of halogens is 3. The average Bonchev–Trinajstić information content (AvgIpc) is 3.63. The highest BCUT2D eigenvalue weighted by Crippen LogP contribution is 2.27. The maximum atomic E-state index is 12.5. The highest BCUT2D eigenvalue weighted by molar-refractivity contribution is 7.07. The Bertz CT molecular complexity index is 1840. The van der Waals surface area contributed by atoms with Crippen LogP contribution in [0.3, 0.4) is 0 Å². The van der Waals surface area contributed by atoms with Gasteiger partial charge in [0, 0.05) is 22.7 Å². The van der Waals surface area contributed by atoms with E-state index < -0.39 is 12.7 Å². The van der Waals surface area contributed by atoms with E-state index >= 15 is 0 Å². The maximum absolute atomic E-state index is 12.5. The first kappa shape index (κ1) is 33.1. The average molecular weight is 651 g/mol. The minimum Gasteiger partial charge on any atom is -0.406 e. The Labute approximate surface area is 269 Å². The smallest absolute Gasteiger partial charge is 0.406 e. The molecule has 5 rings (SSSR count). The Hall–Kier alpha value is -4.26. The Morgan fingerprint density at radius 3 is 2.30 bits per heavy atom. The third-order valence-electron chi connectivity index (χ3n) is 7.84. The van der Waals surface area contributed by atoms with Crippen LogP contribution in [0.5, 0.6) is 5.75 Å². The third-order valence-corrected chi connectivity index (χ3v) is 8.80. The van der Waals surface area contributed by atoms with Gasteiger partial charge in [0.05, 0.1) is 11.4 Å². The molecule has 46 heavy (non-hydrogen) atoms. The standard InChI is InChI=1S/C34H37F3N6O2S/c1-20(2)29-16-7-21(3)17-30(29)43-22(4)18-46-33(43)40-32(44)39-24(6)23(5)25-8-10-26(11-9-25)31-38-19-42(41-31)27-12-14-28(15-13-27)45-34(35,36)37/h7-20,23-24,32,39,44H,1-6H3. The lowest BCUT2D eigenvalue weighted by molar-refractivity contribution is -0.274. The number of alkyl halides is 3. The van der Waals surface area contributed by atoms with Crippen LogP contribution >= 0.6 is 11.3 Å². The molecule has 0 aliphatic rings. The second-order valence-electron chi connectivity index (χ2n) is 11.6. The van der Waals surface area contributed by atoms with Crippen LogP contribution in [-0.2, 0) is 0 Å². The van der Waals surface area contributed by atoms with Crippen molar-refractivity contribution in [2.24, 2.45) is 4.99 Å².